The number of carbonyl (C=O) groups excluding carboxylic acids is 1. The first kappa shape index (κ1) is 14.6. The van der Waals surface area contributed by atoms with Gasteiger partial charge in [0.1, 0.15) is 17.9 Å². The maximum absolute atomic E-state index is 11.5. The fourth-order valence-corrected chi connectivity index (χ4v) is 2.14. The van der Waals surface area contributed by atoms with Crippen LogP contribution in [0.2, 0.25) is 0 Å². The molecule has 1 amide bonds. The molecule has 0 bridgehead atoms. The van der Waals surface area contributed by atoms with Crippen LogP contribution in [0.3, 0.4) is 0 Å². The van der Waals surface area contributed by atoms with Crippen molar-refractivity contribution in [3.8, 4) is 0 Å². The molecule has 0 fully saturated rings. The smallest absolute Gasteiger partial charge is 0.235 e. The van der Waals surface area contributed by atoms with Gasteiger partial charge in [0.25, 0.3) is 0 Å². The summed E-state index contributed by atoms with van der Waals surface area (Å²) < 4.78 is 23.7. The van der Waals surface area contributed by atoms with Gasteiger partial charge >= 0.3 is 0 Å². The topological polar surface area (TPSA) is 93.9 Å². The minimum absolute atomic E-state index is 0.367. The second kappa shape index (κ2) is 5.94. The lowest BCUT2D eigenvalue weighted by Crippen LogP contribution is -2.33. The number of rotatable bonds is 6. The molecule has 0 spiro atoms. The van der Waals surface area contributed by atoms with Crippen LogP contribution in [0.25, 0.3) is 0 Å². The number of aromatic nitrogens is 3. The molecule has 0 aliphatic heterocycles. The molecule has 102 valence electrons. The predicted octanol–water partition coefficient (Wildman–Crippen LogP) is -0.0901. The summed E-state index contributed by atoms with van der Waals surface area (Å²) >= 11 is 0. The number of amides is 1. The van der Waals surface area contributed by atoms with E-state index >= 15 is 0 Å². The average molecular weight is 274 g/mol. The highest BCUT2D eigenvalue weighted by Gasteiger charge is 2.17. The second-order valence-corrected chi connectivity index (χ2v) is 6.34. The summed E-state index contributed by atoms with van der Waals surface area (Å²) in [5, 5.41) is 6.64. The molecular weight excluding hydrogens is 256 g/mol. The van der Waals surface area contributed by atoms with Gasteiger partial charge < -0.3 is 5.32 Å². The first-order valence-corrected chi connectivity index (χ1v) is 7.74. The van der Waals surface area contributed by atoms with Crippen LogP contribution < -0.4 is 5.32 Å². The van der Waals surface area contributed by atoms with Crippen LogP contribution >= 0.6 is 0 Å². The molecule has 0 aliphatic rings. The zero-order valence-corrected chi connectivity index (χ0v) is 11.6. The Labute approximate surface area is 107 Å². The third-order valence-corrected chi connectivity index (χ3v) is 3.03. The van der Waals surface area contributed by atoms with Crippen molar-refractivity contribution >= 4 is 15.7 Å². The van der Waals surface area contributed by atoms with Crippen molar-refractivity contribution in [2.24, 2.45) is 0 Å². The van der Waals surface area contributed by atoms with Gasteiger partial charge in [-0.1, -0.05) is 6.92 Å². The van der Waals surface area contributed by atoms with Crippen molar-refractivity contribution in [1.82, 2.24) is 20.1 Å². The van der Waals surface area contributed by atoms with Crippen molar-refractivity contribution in [3.63, 3.8) is 0 Å². The van der Waals surface area contributed by atoms with Crippen LogP contribution in [0.15, 0.2) is 6.33 Å². The summed E-state index contributed by atoms with van der Waals surface area (Å²) in [5.74, 6) is -0.422. The molecule has 1 rings (SSSR count). The Morgan fingerprint density at radius 3 is 2.78 bits per heavy atom. The number of hydrogen-bond acceptors (Lipinski definition) is 5. The minimum Gasteiger partial charge on any atom is -0.345 e. The largest absolute Gasteiger partial charge is 0.345 e. The molecule has 1 aromatic rings. The molecule has 1 N–H and O–H groups in total. The molecule has 1 atom stereocenters. The fraction of sp³-hybridized carbons (Fsp3) is 0.700. The van der Waals surface area contributed by atoms with E-state index in [0.29, 0.717) is 12.4 Å². The van der Waals surface area contributed by atoms with Gasteiger partial charge in [-0.25, -0.2) is 18.1 Å². The number of aryl methyl sites for hydroxylation is 1. The monoisotopic (exact) mass is 274 g/mol. The van der Waals surface area contributed by atoms with E-state index in [2.05, 4.69) is 15.4 Å². The van der Waals surface area contributed by atoms with Crippen LogP contribution in [0.4, 0.5) is 0 Å². The number of nitrogens with one attached hydrogen (secondary N) is 1. The minimum atomic E-state index is -3.31. The number of nitrogens with zero attached hydrogens (tertiary/aromatic N) is 3. The molecule has 1 unspecified atom stereocenters. The second-order valence-electron chi connectivity index (χ2n) is 4.20. The Hall–Kier alpha value is -1.44. The highest BCUT2D eigenvalue weighted by molar-refractivity contribution is 7.91. The third kappa shape index (κ3) is 4.44. The van der Waals surface area contributed by atoms with Crippen molar-refractivity contribution < 1.29 is 13.2 Å². The third-order valence-electron chi connectivity index (χ3n) is 2.24. The van der Waals surface area contributed by atoms with Crippen molar-refractivity contribution in [3.05, 3.63) is 12.2 Å². The molecule has 0 aliphatic carbocycles. The van der Waals surface area contributed by atoms with E-state index < -0.39 is 21.5 Å². The van der Waals surface area contributed by atoms with E-state index in [-0.39, 0.29) is 6.04 Å². The van der Waals surface area contributed by atoms with Gasteiger partial charge in [-0.2, -0.15) is 5.10 Å². The highest BCUT2D eigenvalue weighted by atomic mass is 32.2. The molecule has 0 radical (unpaired) electrons. The SMILES string of the molecule is CCCn1ncnc1C(C)NC(=O)CS(C)(=O)=O. The van der Waals surface area contributed by atoms with Crippen LogP contribution in [0, 0.1) is 0 Å². The molecule has 0 saturated carbocycles. The fourth-order valence-electron chi connectivity index (χ4n) is 1.58. The summed E-state index contributed by atoms with van der Waals surface area (Å²) in [6.45, 7) is 4.47. The molecule has 1 heterocycles. The molecule has 18 heavy (non-hydrogen) atoms. The van der Waals surface area contributed by atoms with Crippen molar-refractivity contribution in [1.29, 1.82) is 0 Å². The van der Waals surface area contributed by atoms with Gasteiger partial charge in [0.2, 0.25) is 5.91 Å². The number of sulfone groups is 1. The lowest BCUT2D eigenvalue weighted by molar-refractivity contribution is -0.119. The Morgan fingerprint density at radius 2 is 2.22 bits per heavy atom. The van der Waals surface area contributed by atoms with Crippen molar-refractivity contribution in [2.75, 3.05) is 12.0 Å². The Kier molecular flexibility index (Phi) is 4.83. The molecule has 0 saturated heterocycles. The zero-order chi connectivity index (χ0) is 13.8. The van der Waals surface area contributed by atoms with Gasteiger partial charge in [0.05, 0.1) is 6.04 Å². The summed E-state index contributed by atoms with van der Waals surface area (Å²) in [4.78, 5) is 15.6. The zero-order valence-electron chi connectivity index (χ0n) is 10.8. The lowest BCUT2D eigenvalue weighted by atomic mass is 10.3. The summed E-state index contributed by atoms with van der Waals surface area (Å²) in [5.41, 5.74) is 0. The van der Waals surface area contributed by atoms with Gasteiger partial charge in [-0.3, -0.25) is 4.79 Å². The lowest BCUT2D eigenvalue weighted by Gasteiger charge is -2.13. The van der Waals surface area contributed by atoms with Crippen LogP contribution in [0.5, 0.6) is 0 Å². The van der Waals surface area contributed by atoms with Gasteiger partial charge in [0.15, 0.2) is 9.84 Å². The highest BCUT2D eigenvalue weighted by Crippen LogP contribution is 2.08. The quantitative estimate of drug-likeness (QED) is 0.782. The first-order chi connectivity index (χ1) is 8.33. The maximum atomic E-state index is 11.5. The van der Waals surface area contributed by atoms with Gasteiger partial charge in [0, 0.05) is 12.8 Å². The van der Waals surface area contributed by atoms with Gasteiger partial charge in [-0.15, -0.1) is 0 Å². The first-order valence-electron chi connectivity index (χ1n) is 5.68. The maximum Gasteiger partial charge on any atom is 0.235 e. The van der Waals surface area contributed by atoms with Crippen LogP contribution in [-0.4, -0.2) is 41.1 Å². The van der Waals surface area contributed by atoms with E-state index in [1.165, 1.54) is 6.33 Å². The summed E-state index contributed by atoms with van der Waals surface area (Å²) in [6.07, 6.45) is 3.35. The number of hydrogen-bond donors (Lipinski definition) is 1. The molecule has 7 nitrogen and oxygen atoms in total. The average Bonchev–Trinajstić information content (AvgIpc) is 2.63. The van der Waals surface area contributed by atoms with Crippen LogP contribution in [0.1, 0.15) is 32.1 Å². The molecular formula is C10H18N4O3S. The van der Waals surface area contributed by atoms with E-state index in [0.717, 1.165) is 12.7 Å². The van der Waals surface area contributed by atoms with E-state index in [4.69, 9.17) is 0 Å². The van der Waals surface area contributed by atoms with Gasteiger partial charge in [-0.05, 0) is 13.3 Å². The van der Waals surface area contributed by atoms with Crippen molar-refractivity contribution in [2.45, 2.75) is 32.9 Å². The van der Waals surface area contributed by atoms with E-state index in [1.54, 1.807) is 11.6 Å². The number of carbonyl (C=O) groups is 1. The molecule has 1 aromatic heterocycles. The molecule has 0 aromatic carbocycles. The summed E-state index contributed by atoms with van der Waals surface area (Å²) in [7, 11) is -3.31. The standard InChI is InChI=1S/C10H18N4O3S/c1-4-5-14-10(11-7-12-14)8(2)13-9(15)6-18(3,16)17/h7-8H,4-6H2,1-3H3,(H,13,15). The Balaban J connectivity index is 2.67. The Morgan fingerprint density at radius 1 is 1.56 bits per heavy atom. The Bertz CT molecular complexity index is 509. The van der Waals surface area contributed by atoms with E-state index in [1.807, 2.05) is 6.92 Å². The van der Waals surface area contributed by atoms with Crippen LogP contribution in [-0.2, 0) is 21.2 Å². The molecule has 8 heteroatoms. The predicted molar refractivity (Wildman–Crippen MR) is 66.6 cm³/mol. The normalized spacial score (nSPS) is 13.3. The van der Waals surface area contributed by atoms with E-state index in [9.17, 15) is 13.2 Å². The summed E-state index contributed by atoms with van der Waals surface area (Å²) in [6, 6.07) is -0.367.